The Kier molecular flexibility index (Phi) is 5.55. The van der Waals surface area contributed by atoms with Crippen LogP contribution in [-0.2, 0) is 15.0 Å². The number of hydrogen-bond donors (Lipinski definition) is 1. The van der Waals surface area contributed by atoms with Crippen molar-refractivity contribution in [2.24, 2.45) is 0 Å². The number of rotatable bonds is 3. The number of pyridine rings is 1. The summed E-state index contributed by atoms with van der Waals surface area (Å²) in [5, 5.41) is 11.4. The molecule has 1 atom stereocenters. The van der Waals surface area contributed by atoms with E-state index in [2.05, 4.69) is 25.8 Å². The number of carbonyl (C=O) groups excluding carboxylic acids is 2. The van der Waals surface area contributed by atoms with Gasteiger partial charge in [0.2, 0.25) is 0 Å². The maximum atomic E-state index is 13.3. The quantitative estimate of drug-likeness (QED) is 0.337. The molecule has 0 aliphatic carbocycles. The molecule has 3 heterocycles. The number of ketones is 1. The minimum atomic E-state index is -0.841. The van der Waals surface area contributed by atoms with Gasteiger partial charge in [-0.25, -0.2) is 4.98 Å². The van der Waals surface area contributed by atoms with E-state index in [1.807, 2.05) is 24.3 Å². The van der Waals surface area contributed by atoms with Gasteiger partial charge in [-0.3, -0.25) is 14.5 Å². The van der Waals surface area contributed by atoms with E-state index in [0.717, 1.165) is 5.56 Å². The first kappa shape index (κ1) is 22.7. The molecule has 35 heavy (non-hydrogen) atoms. The highest BCUT2D eigenvalue weighted by Crippen LogP contribution is 2.43. The summed E-state index contributed by atoms with van der Waals surface area (Å²) in [6.45, 7) is 7.18. The average Bonchev–Trinajstić information content (AvgIpc) is 3.13. The van der Waals surface area contributed by atoms with Crippen LogP contribution < -0.4 is 14.4 Å². The molecule has 0 bridgehead atoms. The highest BCUT2D eigenvalue weighted by Gasteiger charge is 2.47. The molecule has 3 aromatic rings. The molecular weight excluding hydrogens is 444 g/mol. The van der Waals surface area contributed by atoms with Crippen LogP contribution in [0.15, 0.2) is 72.4 Å². The number of amides is 1. The number of ether oxygens (including phenoxy) is 2. The lowest BCUT2D eigenvalue weighted by atomic mass is 9.85. The monoisotopic (exact) mass is 470 g/mol. The van der Waals surface area contributed by atoms with Crippen LogP contribution in [0.2, 0.25) is 0 Å². The van der Waals surface area contributed by atoms with Crippen molar-refractivity contribution in [2.45, 2.75) is 32.2 Å². The lowest BCUT2D eigenvalue weighted by Crippen LogP contribution is -2.30. The Bertz CT molecular complexity index is 1320. The second-order valence-corrected chi connectivity index (χ2v) is 9.59. The molecule has 2 aliphatic heterocycles. The van der Waals surface area contributed by atoms with E-state index in [1.165, 1.54) is 4.90 Å². The van der Waals surface area contributed by atoms with Gasteiger partial charge in [-0.15, -0.1) is 0 Å². The molecule has 7 heteroatoms. The molecular formula is C28H26N2O5. The number of fused-ring (bicyclic) bond motifs is 1. The van der Waals surface area contributed by atoms with Crippen LogP contribution in [-0.4, -0.2) is 35.0 Å². The number of hydrogen-bond acceptors (Lipinski definition) is 6. The Morgan fingerprint density at radius 3 is 2.34 bits per heavy atom. The van der Waals surface area contributed by atoms with Crippen molar-refractivity contribution < 1.29 is 24.2 Å². The fourth-order valence-electron chi connectivity index (χ4n) is 4.39. The van der Waals surface area contributed by atoms with Gasteiger partial charge in [0.25, 0.3) is 5.78 Å². The summed E-state index contributed by atoms with van der Waals surface area (Å²) in [6, 6.07) is 17.0. The van der Waals surface area contributed by atoms with E-state index in [-0.39, 0.29) is 16.7 Å². The third kappa shape index (κ3) is 4.03. The predicted octanol–water partition coefficient (Wildman–Crippen LogP) is 4.78. The van der Waals surface area contributed by atoms with Crippen LogP contribution in [0.25, 0.3) is 5.76 Å². The summed E-state index contributed by atoms with van der Waals surface area (Å²) < 4.78 is 11.2. The molecule has 1 N–H and O–H groups in total. The second kappa shape index (κ2) is 8.58. The first-order chi connectivity index (χ1) is 16.8. The van der Waals surface area contributed by atoms with E-state index >= 15 is 0 Å². The molecule has 2 aliphatic rings. The van der Waals surface area contributed by atoms with Crippen molar-refractivity contribution >= 4 is 23.3 Å². The van der Waals surface area contributed by atoms with Crippen LogP contribution >= 0.6 is 0 Å². The van der Waals surface area contributed by atoms with E-state index in [1.54, 1.807) is 42.6 Å². The average molecular weight is 471 g/mol. The minimum absolute atomic E-state index is 0.000777. The molecule has 1 amide bonds. The number of Topliss-reactive ketones (excluding diaryl/α,β-unsaturated/α-hetero) is 1. The van der Waals surface area contributed by atoms with Crippen LogP contribution in [0.4, 0.5) is 5.82 Å². The molecule has 1 saturated heterocycles. The zero-order valence-corrected chi connectivity index (χ0v) is 19.8. The molecule has 178 valence electrons. The van der Waals surface area contributed by atoms with Gasteiger partial charge in [-0.1, -0.05) is 51.1 Å². The molecule has 1 aromatic heterocycles. The fourth-order valence-corrected chi connectivity index (χ4v) is 4.39. The van der Waals surface area contributed by atoms with Gasteiger partial charge in [0.05, 0.1) is 11.6 Å². The Labute approximate surface area is 203 Å². The van der Waals surface area contributed by atoms with E-state index in [4.69, 9.17) is 9.47 Å². The zero-order valence-electron chi connectivity index (χ0n) is 19.8. The van der Waals surface area contributed by atoms with Crippen molar-refractivity contribution in [2.75, 3.05) is 18.1 Å². The maximum Gasteiger partial charge on any atom is 0.301 e. The second-order valence-electron chi connectivity index (χ2n) is 9.59. The minimum Gasteiger partial charge on any atom is -0.507 e. The normalized spacial score (nSPS) is 19.2. The van der Waals surface area contributed by atoms with Crippen LogP contribution in [0.1, 0.15) is 43.5 Å². The van der Waals surface area contributed by atoms with E-state index in [9.17, 15) is 14.7 Å². The molecule has 0 saturated carbocycles. The largest absolute Gasteiger partial charge is 0.507 e. The predicted molar refractivity (Wildman–Crippen MR) is 132 cm³/mol. The highest BCUT2D eigenvalue weighted by molar-refractivity contribution is 6.51. The fraction of sp³-hybridized carbons (Fsp3) is 0.250. The summed E-state index contributed by atoms with van der Waals surface area (Å²) in [5.74, 6) is -0.411. The Hall–Kier alpha value is -4.13. The summed E-state index contributed by atoms with van der Waals surface area (Å²) in [4.78, 5) is 32.2. The summed E-state index contributed by atoms with van der Waals surface area (Å²) in [7, 11) is 0. The van der Waals surface area contributed by atoms with Gasteiger partial charge in [-0.05, 0) is 46.9 Å². The molecule has 2 aromatic carbocycles. The number of benzene rings is 2. The number of anilines is 1. The van der Waals surface area contributed by atoms with Gasteiger partial charge in [0.1, 0.15) is 24.8 Å². The molecule has 1 unspecified atom stereocenters. The molecule has 0 spiro atoms. The molecule has 5 rings (SSSR count). The lowest BCUT2D eigenvalue weighted by molar-refractivity contribution is -0.132. The Balaban J connectivity index is 1.67. The Morgan fingerprint density at radius 2 is 1.69 bits per heavy atom. The smallest absolute Gasteiger partial charge is 0.301 e. The van der Waals surface area contributed by atoms with Crippen molar-refractivity contribution in [1.29, 1.82) is 0 Å². The summed E-state index contributed by atoms with van der Waals surface area (Å²) >= 11 is 0. The molecule has 1 fully saturated rings. The number of aromatic nitrogens is 1. The topological polar surface area (TPSA) is 89.0 Å². The summed E-state index contributed by atoms with van der Waals surface area (Å²) in [5.41, 5.74) is 2.11. The third-order valence-corrected chi connectivity index (χ3v) is 6.25. The number of aliphatic hydroxyl groups excluding tert-OH is 1. The van der Waals surface area contributed by atoms with Crippen LogP contribution in [0, 0.1) is 0 Å². The van der Waals surface area contributed by atoms with Crippen molar-refractivity contribution in [3.05, 3.63) is 89.1 Å². The van der Waals surface area contributed by atoms with Crippen molar-refractivity contribution in [1.82, 2.24) is 4.98 Å². The standard InChI is InChI=1S/C28H26N2O5/c1-28(2,3)19-10-7-17(8-11-19)24-23(26(32)27(33)30(24)22-6-4-5-13-29-22)25(31)18-9-12-20-21(16-18)35-15-14-34-20/h4-13,16,24,31H,14-15H2,1-3H3. The number of nitrogens with zero attached hydrogens (tertiary/aromatic N) is 2. The van der Waals surface area contributed by atoms with Gasteiger partial charge in [0, 0.05) is 11.8 Å². The van der Waals surface area contributed by atoms with Gasteiger partial charge >= 0.3 is 5.91 Å². The lowest BCUT2D eigenvalue weighted by Gasteiger charge is -2.26. The van der Waals surface area contributed by atoms with Crippen LogP contribution in [0.5, 0.6) is 11.5 Å². The first-order valence-corrected chi connectivity index (χ1v) is 11.5. The van der Waals surface area contributed by atoms with Crippen molar-refractivity contribution in [3.63, 3.8) is 0 Å². The Morgan fingerprint density at radius 1 is 0.971 bits per heavy atom. The molecule has 7 nitrogen and oxygen atoms in total. The van der Waals surface area contributed by atoms with Gasteiger partial charge in [-0.2, -0.15) is 0 Å². The number of carbonyl (C=O) groups is 2. The van der Waals surface area contributed by atoms with E-state index < -0.39 is 17.7 Å². The first-order valence-electron chi connectivity index (χ1n) is 11.5. The van der Waals surface area contributed by atoms with Crippen molar-refractivity contribution in [3.8, 4) is 11.5 Å². The van der Waals surface area contributed by atoms with Gasteiger partial charge < -0.3 is 14.6 Å². The highest BCUT2D eigenvalue weighted by atomic mass is 16.6. The van der Waals surface area contributed by atoms with Gasteiger partial charge in [0.15, 0.2) is 11.5 Å². The zero-order chi connectivity index (χ0) is 24.7. The summed E-state index contributed by atoms with van der Waals surface area (Å²) in [6.07, 6.45) is 1.56. The van der Waals surface area contributed by atoms with E-state index in [0.29, 0.717) is 41.7 Å². The number of aliphatic hydroxyl groups is 1. The SMILES string of the molecule is CC(C)(C)c1ccc(C2C(=C(O)c3ccc4c(c3)OCCO4)C(=O)C(=O)N2c2ccccn2)cc1. The molecule has 0 radical (unpaired) electrons. The van der Waals surface area contributed by atoms with Crippen LogP contribution in [0.3, 0.4) is 0 Å². The maximum absolute atomic E-state index is 13.3. The third-order valence-electron chi connectivity index (χ3n) is 6.25.